The number of halogens is 3. The molecule has 0 spiro atoms. The van der Waals surface area contributed by atoms with E-state index in [0.717, 1.165) is 22.6 Å². The van der Waals surface area contributed by atoms with Gasteiger partial charge in [0.15, 0.2) is 5.11 Å². The lowest BCUT2D eigenvalue weighted by Gasteiger charge is -2.30. The highest BCUT2D eigenvalue weighted by Crippen LogP contribution is 2.40. The van der Waals surface area contributed by atoms with Crippen LogP contribution in [-0.4, -0.2) is 34.4 Å². The number of allylic oxidation sites excluding steroid dienone is 1. The van der Waals surface area contributed by atoms with Crippen molar-refractivity contribution in [3.05, 3.63) is 65.2 Å². The summed E-state index contributed by atoms with van der Waals surface area (Å²) in [7, 11) is 0. The lowest BCUT2D eigenvalue weighted by atomic mass is 10.0. The van der Waals surface area contributed by atoms with E-state index in [9.17, 15) is 23.1 Å². The Kier molecular flexibility index (Phi) is 5.87. The van der Waals surface area contributed by atoms with Crippen molar-refractivity contribution >= 4 is 34.6 Å². The van der Waals surface area contributed by atoms with Gasteiger partial charge in [0.2, 0.25) is 0 Å². The molecule has 1 fully saturated rings. The molecule has 2 heterocycles. The standard InChI is InChI=1S/C24H20F3N3O3S/c1-23(2)21(32)29(16-7-6-15(12-28)19(11-16)24(25,26)27)22(34)30(23)17-8-9-20-14(10-17)4-3-5-18(13-31)33-20/h3,5-11,18,31H,4,13H2,1-2H3. The number of carbonyl (C=O) groups is 1. The molecule has 1 unspecified atom stereocenters. The zero-order valence-corrected chi connectivity index (χ0v) is 19.1. The topological polar surface area (TPSA) is 76.8 Å². The molecule has 1 saturated heterocycles. The summed E-state index contributed by atoms with van der Waals surface area (Å²) < 4.78 is 46.3. The van der Waals surface area contributed by atoms with Crippen molar-refractivity contribution in [2.75, 3.05) is 16.4 Å². The number of fused-ring (bicyclic) bond motifs is 1. The van der Waals surface area contributed by atoms with Gasteiger partial charge in [-0.1, -0.05) is 6.08 Å². The van der Waals surface area contributed by atoms with Gasteiger partial charge in [-0.05, 0) is 80.5 Å². The maximum Gasteiger partial charge on any atom is 0.417 e. The van der Waals surface area contributed by atoms with Crippen LogP contribution in [-0.2, 0) is 17.4 Å². The number of anilines is 2. The van der Waals surface area contributed by atoms with Crippen LogP contribution in [0.15, 0.2) is 48.6 Å². The summed E-state index contributed by atoms with van der Waals surface area (Å²) in [5.41, 5.74) is -1.53. The summed E-state index contributed by atoms with van der Waals surface area (Å²) in [4.78, 5) is 16.0. The number of aliphatic hydroxyl groups excluding tert-OH is 1. The molecule has 2 aromatic rings. The first-order chi connectivity index (χ1) is 16.0. The molecular weight excluding hydrogens is 467 g/mol. The highest BCUT2D eigenvalue weighted by atomic mass is 32.1. The summed E-state index contributed by atoms with van der Waals surface area (Å²) in [6.07, 6.45) is -1.07. The predicted molar refractivity (Wildman–Crippen MR) is 124 cm³/mol. The van der Waals surface area contributed by atoms with E-state index in [-0.39, 0.29) is 17.4 Å². The van der Waals surface area contributed by atoms with Crippen LogP contribution in [0, 0.1) is 11.3 Å². The van der Waals surface area contributed by atoms with Gasteiger partial charge in [0.25, 0.3) is 5.91 Å². The third-order valence-corrected chi connectivity index (χ3v) is 6.17. The zero-order chi connectivity index (χ0) is 24.8. The molecule has 2 aromatic carbocycles. The van der Waals surface area contributed by atoms with Crippen LogP contribution in [0.5, 0.6) is 5.75 Å². The molecule has 0 aliphatic carbocycles. The van der Waals surface area contributed by atoms with Crippen molar-refractivity contribution in [1.82, 2.24) is 0 Å². The van der Waals surface area contributed by atoms with E-state index >= 15 is 0 Å². The summed E-state index contributed by atoms with van der Waals surface area (Å²) in [6.45, 7) is 3.11. The lowest BCUT2D eigenvalue weighted by molar-refractivity contribution is -0.137. The van der Waals surface area contributed by atoms with E-state index in [1.165, 1.54) is 12.1 Å². The van der Waals surface area contributed by atoms with Gasteiger partial charge >= 0.3 is 6.18 Å². The number of hydrogen-bond donors (Lipinski definition) is 1. The number of carbonyl (C=O) groups excluding carboxylic acids is 1. The van der Waals surface area contributed by atoms with Crippen LogP contribution >= 0.6 is 12.2 Å². The molecule has 2 aliphatic rings. The van der Waals surface area contributed by atoms with Crippen LogP contribution in [0.3, 0.4) is 0 Å². The van der Waals surface area contributed by atoms with Crippen LogP contribution in [0.2, 0.25) is 0 Å². The Morgan fingerprint density at radius 2 is 1.94 bits per heavy atom. The minimum absolute atomic E-state index is 0.0195. The summed E-state index contributed by atoms with van der Waals surface area (Å²) in [5.74, 6) is 0.0857. The lowest BCUT2D eigenvalue weighted by Crippen LogP contribution is -2.44. The number of nitriles is 1. The van der Waals surface area contributed by atoms with E-state index in [1.807, 2.05) is 12.1 Å². The molecule has 1 amide bonds. The number of thiocarbonyl (C=S) groups is 1. The molecule has 6 nitrogen and oxygen atoms in total. The van der Waals surface area contributed by atoms with Crippen LogP contribution in [0.25, 0.3) is 0 Å². The number of aliphatic hydroxyl groups is 1. The summed E-state index contributed by atoms with van der Waals surface area (Å²) in [6, 6.07) is 9.86. The Balaban J connectivity index is 1.75. The quantitative estimate of drug-likeness (QED) is 0.513. The first-order valence-corrected chi connectivity index (χ1v) is 10.8. The highest BCUT2D eigenvalue weighted by molar-refractivity contribution is 7.81. The minimum Gasteiger partial charge on any atom is -0.484 e. The maximum atomic E-state index is 13.5. The summed E-state index contributed by atoms with van der Waals surface area (Å²) in [5, 5.41) is 18.5. The van der Waals surface area contributed by atoms with E-state index in [0.29, 0.717) is 17.9 Å². The molecular formula is C24H20F3N3O3S. The van der Waals surface area contributed by atoms with Gasteiger partial charge in [-0.25, -0.2) is 0 Å². The predicted octanol–water partition coefficient (Wildman–Crippen LogP) is 4.35. The van der Waals surface area contributed by atoms with Gasteiger partial charge in [0.1, 0.15) is 17.4 Å². The molecule has 34 heavy (non-hydrogen) atoms. The average Bonchev–Trinajstić information content (AvgIpc) is 2.92. The smallest absolute Gasteiger partial charge is 0.417 e. The average molecular weight is 488 g/mol. The Bertz CT molecular complexity index is 1250. The SMILES string of the molecule is CC1(C)C(=O)N(c2ccc(C#N)c(C(F)(F)F)c2)C(=S)N1c1ccc2c(c1)CC=CC(CO)O2. The fourth-order valence-electron chi connectivity index (χ4n) is 4.09. The molecule has 1 N–H and O–H groups in total. The third kappa shape index (κ3) is 3.91. The van der Waals surface area contributed by atoms with Crippen molar-refractivity contribution < 1.29 is 27.8 Å². The fourth-order valence-corrected chi connectivity index (χ4v) is 4.61. The van der Waals surface area contributed by atoms with Crippen molar-refractivity contribution in [1.29, 1.82) is 5.26 Å². The molecule has 176 valence electrons. The Morgan fingerprint density at radius 1 is 1.24 bits per heavy atom. The van der Waals surface area contributed by atoms with Crippen LogP contribution < -0.4 is 14.5 Å². The molecule has 1 atom stereocenters. The second kappa shape index (κ2) is 8.42. The Morgan fingerprint density at radius 3 is 2.59 bits per heavy atom. The van der Waals surface area contributed by atoms with Crippen molar-refractivity contribution in [2.24, 2.45) is 0 Å². The molecule has 4 rings (SSSR count). The van der Waals surface area contributed by atoms with E-state index in [4.69, 9.17) is 22.2 Å². The fraction of sp³-hybridized carbons (Fsp3) is 0.292. The molecule has 0 saturated carbocycles. The number of ether oxygens (including phenoxy) is 1. The number of nitrogens with zero attached hydrogens (tertiary/aromatic N) is 3. The number of alkyl halides is 3. The van der Waals surface area contributed by atoms with Gasteiger partial charge in [0.05, 0.1) is 29.5 Å². The van der Waals surface area contributed by atoms with Gasteiger partial charge in [0, 0.05) is 5.69 Å². The zero-order valence-electron chi connectivity index (χ0n) is 18.3. The number of rotatable bonds is 3. The minimum atomic E-state index is -4.77. The molecule has 2 aliphatic heterocycles. The van der Waals surface area contributed by atoms with Gasteiger partial charge < -0.3 is 14.7 Å². The Labute approximate surface area is 199 Å². The third-order valence-electron chi connectivity index (χ3n) is 5.80. The van der Waals surface area contributed by atoms with Crippen molar-refractivity contribution in [2.45, 2.75) is 38.1 Å². The van der Waals surface area contributed by atoms with Gasteiger partial charge in [-0.15, -0.1) is 0 Å². The molecule has 0 bridgehead atoms. The largest absolute Gasteiger partial charge is 0.484 e. The molecule has 0 radical (unpaired) electrons. The van der Waals surface area contributed by atoms with Gasteiger partial charge in [-0.3, -0.25) is 9.69 Å². The van der Waals surface area contributed by atoms with Crippen molar-refractivity contribution in [3.63, 3.8) is 0 Å². The number of amides is 1. The van der Waals surface area contributed by atoms with Crippen molar-refractivity contribution in [3.8, 4) is 11.8 Å². The van der Waals surface area contributed by atoms with Crippen LogP contribution in [0.1, 0.15) is 30.5 Å². The second-order valence-corrected chi connectivity index (χ2v) is 8.79. The summed E-state index contributed by atoms with van der Waals surface area (Å²) >= 11 is 5.58. The molecule has 10 heteroatoms. The highest BCUT2D eigenvalue weighted by Gasteiger charge is 2.50. The normalized spacial score (nSPS) is 19.5. The maximum absolute atomic E-state index is 13.5. The molecule has 0 aromatic heterocycles. The van der Waals surface area contributed by atoms with Crippen LogP contribution in [0.4, 0.5) is 24.5 Å². The number of benzene rings is 2. The number of hydrogen-bond acceptors (Lipinski definition) is 5. The van der Waals surface area contributed by atoms with E-state index in [1.54, 1.807) is 37.0 Å². The first-order valence-electron chi connectivity index (χ1n) is 10.4. The Hall–Kier alpha value is -3.42. The monoisotopic (exact) mass is 487 g/mol. The van der Waals surface area contributed by atoms with E-state index < -0.39 is 34.9 Å². The second-order valence-electron chi connectivity index (χ2n) is 8.42. The van der Waals surface area contributed by atoms with Gasteiger partial charge in [-0.2, -0.15) is 18.4 Å². The first kappa shape index (κ1) is 23.7. The van der Waals surface area contributed by atoms with E-state index in [2.05, 4.69) is 0 Å².